The molecule has 1 N–H and O–H groups in total. The van der Waals surface area contributed by atoms with Gasteiger partial charge in [0.2, 0.25) is 0 Å². The van der Waals surface area contributed by atoms with E-state index in [1.165, 1.54) is 30.2 Å². The number of ether oxygens (including phenoxy) is 1. The van der Waals surface area contributed by atoms with Gasteiger partial charge in [0, 0.05) is 29.9 Å². The lowest BCUT2D eigenvalue weighted by atomic mass is 10.1. The number of carbonyl (C=O) groups excluding carboxylic acids is 3. The van der Waals surface area contributed by atoms with Crippen molar-refractivity contribution in [2.24, 2.45) is 0 Å². The normalized spacial score (nSPS) is 15.2. The minimum absolute atomic E-state index is 0.0233. The second kappa shape index (κ2) is 10.2. The summed E-state index contributed by atoms with van der Waals surface area (Å²) in [5, 5.41) is 2.74. The van der Waals surface area contributed by atoms with E-state index < -0.39 is 18.0 Å². The summed E-state index contributed by atoms with van der Waals surface area (Å²) in [7, 11) is 0. The first-order valence-corrected chi connectivity index (χ1v) is 10.8. The lowest BCUT2D eigenvalue weighted by Gasteiger charge is -2.14. The third-order valence-corrected chi connectivity index (χ3v) is 5.42. The second-order valence-corrected chi connectivity index (χ2v) is 7.96. The van der Waals surface area contributed by atoms with Crippen molar-refractivity contribution in [1.82, 2.24) is 15.3 Å². The summed E-state index contributed by atoms with van der Waals surface area (Å²) in [6, 6.07) is 13.0. The molecular formula is C25H23FN4O4. The number of benzene rings is 1. The molecule has 174 valence electrons. The van der Waals surface area contributed by atoms with Crippen LogP contribution in [0.3, 0.4) is 0 Å². The Morgan fingerprint density at radius 1 is 1.18 bits per heavy atom. The Morgan fingerprint density at radius 3 is 2.71 bits per heavy atom. The summed E-state index contributed by atoms with van der Waals surface area (Å²) in [5.41, 5.74) is 2.08. The number of aromatic nitrogens is 2. The van der Waals surface area contributed by atoms with Crippen LogP contribution in [-0.4, -0.2) is 40.4 Å². The first-order chi connectivity index (χ1) is 16.4. The van der Waals surface area contributed by atoms with E-state index in [9.17, 15) is 18.8 Å². The summed E-state index contributed by atoms with van der Waals surface area (Å²) in [6.45, 7) is 2.02. The summed E-state index contributed by atoms with van der Waals surface area (Å²) < 4.78 is 20.2. The summed E-state index contributed by atoms with van der Waals surface area (Å²) >= 11 is 0. The zero-order valence-electron chi connectivity index (χ0n) is 18.5. The number of ketones is 1. The molecule has 3 heterocycles. The van der Waals surface area contributed by atoms with Crippen LogP contribution in [-0.2, 0) is 16.1 Å². The highest BCUT2D eigenvalue weighted by molar-refractivity contribution is 5.92. The third-order valence-electron chi connectivity index (χ3n) is 5.42. The van der Waals surface area contributed by atoms with Gasteiger partial charge in [-0.1, -0.05) is 12.1 Å². The number of rotatable bonds is 8. The molecule has 2 aromatic heterocycles. The number of pyridine rings is 2. The smallest absolute Gasteiger partial charge is 0.414 e. The predicted molar refractivity (Wildman–Crippen MR) is 123 cm³/mol. The van der Waals surface area contributed by atoms with Crippen LogP contribution in [0, 0.1) is 5.82 Å². The molecule has 0 aliphatic carbocycles. The molecule has 2 amide bonds. The van der Waals surface area contributed by atoms with Crippen molar-refractivity contribution in [3.63, 3.8) is 0 Å². The zero-order valence-corrected chi connectivity index (χ0v) is 18.5. The highest BCUT2D eigenvalue weighted by Gasteiger charge is 2.32. The first-order valence-electron chi connectivity index (χ1n) is 10.8. The molecule has 8 nitrogen and oxygen atoms in total. The number of amides is 2. The summed E-state index contributed by atoms with van der Waals surface area (Å²) in [4.78, 5) is 45.3. The Bertz CT molecular complexity index is 1200. The van der Waals surface area contributed by atoms with Crippen molar-refractivity contribution in [1.29, 1.82) is 0 Å². The zero-order chi connectivity index (χ0) is 24.1. The maximum atomic E-state index is 14.9. The van der Waals surface area contributed by atoms with Gasteiger partial charge in [0.15, 0.2) is 0 Å². The standard InChI is InChI=1S/C25H23FN4O4/c1-16(31)5-8-20-15-30(25(33)34-20)19-7-9-21(22(26)12-19)17-6-10-23(28-13-17)24(32)29-14-18-4-2-3-11-27-18/h2-4,6-7,9-13,20H,5,8,14-15H2,1H3,(H,29,32)/t20-/m0/s1. The fourth-order valence-corrected chi connectivity index (χ4v) is 3.60. The Hall–Kier alpha value is -4.14. The Morgan fingerprint density at radius 2 is 2.03 bits per heavy atom. The average Bonchev–Trinajstić information content (AvgIpc) is 3.22. The van der Waals surface area contributed by atoms with Crippen molar-refractivity contribution in [3.05, 3.63) is 78.1 Å². The topological polar surface area (TPSA) is 101 Å². The largest absolute Gasteiger partial charge is 0.444 e. The van der Waals surface area contributed by atoms with E-state index in [1.54, 1.807) is 36.5 Å². The highest BCUT2D eigenvalue weighted by Crippen LogP contribution is 2.29. The number of carbonyl (C=O) groups is 3. The molecule has 1 aliphatic heterocycles. The van der Waals surface area contributed by atoms with Crippen LogP contribution in [0.5, 0.6) is 0 Å². The summed E-state index contributed by atoms with van der Waals surface area (Å²) in [6.07, 6.45) is 2.86. The maximum Gasteiger partial charge on any atom is 0.414 e. The second-order valence-electron chi connectivity index (χ2n) is 7.96. The molecule has 9 heteroatoms. The van der Waals surface area contributed by atoms with Crippen LogP contribution in [0.2, 0.25) is 0 Å². The molecule has 0 bridgehead atoms. The number of hydrogen-bond donors (Lipinski definition) is 1. The molecule has 0 unspecified atom stereocenters. The Kier molecular flexibility index (Phi) is 6.91. The van der Waals surface area contributed by atoms with E-state index in [0.717, 1.165) is 5.69 Å². The molecule has 0 spiro atoms. The van der Waals surface area contributed by atoms with E-state index in [1.807, 2.05) is 6.07 Å². The first kappa shape index (κ1) is 23.0. The average molecular weight is 462 g/mol. The SMILES string of the molecule is CC(=O)CC[C@H]1CN(c2ccc(-c3ccc(C(=O)NCc4ccccn4)nc3)c(F)c2)C(=O)O1. The maximum absolute atomic E-state index is 14.9. The minimum Gasteiger partial charge on any atom is -0.444 e. The van der Waals surface area contributed by atoms with Crippen molar-refractivity contribution < 1.29 is 23.5 Å². The number of nitrogens with zero attached hydrogens (tertiary/aromatic N) is 3. The molecule has 1 atom stereocenters. The number of hydrogen-bond acceptors (Lipinski definition) is 6. The third kappa shape index (κ3) is 5.43. The molecule has 0 radical (unpaired) electrons. The van der Waals surface area contributed by atoms with Gasteiger partial charge in [-0.05, 0) is 49.7 Å². The van der Waals surface area contributed by atoms with Crippen LogP contribution in [0.1, 0.15) is 35.9 Å². The van der Waals surface area contributed by atoms with Crippen molar-refractivity contribution in [3.8, 4) is 11.1 Å². The number of nitrogens with one attached hydrogen (secondary N) is 1. The van der Waals surface area contributed by atoms with E-state index in [4.69, 9.17) is 4.74 Å². The molecule has 34 heavy (non-hydrogen) atoms. The lowest BCUT2D eigenvalue weighted by molar-refractivity contribution is -0.117. The molecule has 1 aromatic carbocycles. The molecule has 1 aliphatic rings. The van der Waals surface area contributed by atoms with E-state index in [2.05, 4.69) is 15.3 Å². The van der Waals surface area contributed by atoms with E-state index in [0.29, 0.717) is 24.1 Å². The Labute approximate surface area is 195 Å². The molecular weight excluding hydrogens is 439 g/mol. The molecule has 0 saturated carbocycles. The number of Topliss-reactive ketones (excluding diaryl/α,β-unsaturated/α-hetero) is 1. The van der Waals surface area contributed by atoms with Gasteiger partial charge in [-0.15, -0.1) is 0 Å². The number of anilines is 1. The Balaban J connectivity index is 1.41. The van der Waals surface area contributed by atoms with Crippen LogP contribution < -0.4 is 10.2 Å². The van der Waals surface area contributed by atoms with Gasteiger partial charge < -0.3 is 14.8 Å². The monoisotopic (exact) mass is 462 g/mol. The van der Waals surface area contributed by atoms with Crippen molar-refractivity contribution in [2.45, 2.75) is 32.4 Å². The quantitative estimate of drug-likeness (QED) is 0.545. The van der Waals surface area contributed by atoms with Gasteiger partial charge in [-0.2, -0.15) is 0 Å². The van der Waals surface area contributed by atoms with Gasteiger partial charge in [0.1, 0.15) is 23.4 Å². The molecule has 3 aromatic rings. The van der Waals surface area contributed by atoms with E-state index >= 15 is 0 Å². The fraction of sp³-hybridized carbons (Fsp3) is 0.240. The molecule has 4 rings (SSSR count). The summed E-state index contributed by atoms with van der Waals surface area (Å²) in [5.74, 6) is -0.873. The number of cyclic esters (lactones) is 1. The number of halogens is 1. The van der Waals surface area contributed by atoms with Crippen molar-refractivity contribution >= 4 is 23.5 Å². The fourth-order valence-electron chi connectivity index (χ4n) is 3.60. The highest BCUT2D eigenvalue weighted by atomic mass is 19.1. The van der Waals surface area contributed by atoms with Gasteiger partial charge in [-0.3, -0.25) is 19.7 Å². The van der Waals surface area contributed by atoms with Gasteiger partial charge in [0.05, 0.1) is 24.5 Å². The van der Waals surface area contributed by atoms with Gasteiger partial charge in [0.25, 0.3) is 5.91 Å². The van der Waals surface area contributed by atoms with Crippen LogP contribution >= 0.6 is 0 Å². The van der Waals surface area contributed by atoms with Gasteiger partial charge >= 0.3 is 6.09 Å². The van der Waals surface area contributed by atoms with Crippen LogP contribution in [0.4, 0.5) is 14.9 Å². The predicted octanol–water partition coefficient (Wildman–Crippen LogP) is 3.91. The van der Waals surface area contributed by atoms with E-state index in [-0.39, 0.29) is 36.0 Å². The minimum atomic E-state index is -0.566. The lowest BCUT2D eigenvalue weighted by Crippen LogP contribution is -2.24. The van der Waals surface area contributed by atoms with Gasteiger partial charge in [-0.25, -0.2) is 9.18 Å². The molecule has 1 saturated heterocycles. The van der Waals surface area contributed by atoms with Crippen molar-refractivity contribution in [2.75, 3.05) is 11.4 Å². The van der Waals surface area contributed by atoms with Crippen LogP contribution in [0.15, 0.2) is 60.9 Å². The van der Waals surface area contributed by atoms with Crippen LogP contribution in [0.25, 0.3) is 11.1 Å². The molecule has 1 fully saturated rings.